The van der Waals surface area contributed by atoms with Gasteiger partial charge in [-0.1, -0.05) is 6.07 Å². The molecule has 3 aromatic rings. The summed E-state index contributed by atoms with van der Waals surface area (Å²) in [7, 11) is 0. The smallest absolute Gasteiger partial charge is 0.220 e. The fourth-order valence-electron chi connectivity index (χ4n) is 2.49. The summed E-state index contributed by atoms with van der Waals surface area (Å²) in [6.45, 7) is 1.87. The van der Waals surface area contributed by atoms with E-state index in [0.717, 1.165) is 17.7 Å². The molecule has 0 aliphatic rings. The van der Waals surface area contributed by atoms with E-state index in [-0.39, 0.29) is 36.1 Å². The SMILES string of the molecule is CC(NC(=O)CCc1ncc(-c2ccc(F)cc2F)o1)c1cccnc1. The van der Waals surface area contributed by atoms with Crippen molar-refractivity contribution in [2.24, 2.45) is 0 Å². The highest BCUT2D eigenvalue weighted by molar-refractivity contribution is 5.76. The maximum absolute atomic E-state index is 13.8. The number of hydrogen-bond donors (Lipinski definition) is 1. The number of amides is 1. The van der Waals surface area contributed by atoms with Crippen molar-refractivity contribution in [1.29, 1.82) is 0 Å². The van der Waals surface area contributed by atoms with Crippen molar-refractivity contribution in [3.05, 3.63) is 72.0 Å². The topological polar surface area (TPSA) is 68.0 Å². The molecular weight excluding hydrogens is 340 g/mol. The molecule has 1 N–H and O–H groups in total. The van der Waals surface area contributed by atoms with Crippen molar-refractivity contribution in [3.63, 3.8) is 0 Å². The molecule has 0 radical (unpaired) electrons. The average Bonchev–Trinajstić information content (AvgIpc) is 3.09. The summed E-state index contributed by atoms with van der Waals surface area (Å²) in [6.07, 6.45) is 5.18. The second-order valence-corrected chi connectivity index (χ2v) is 5.82. The number of pyridine rings is 1. The number of halogens is 2. The predicted molar refractivity (Wildman–Crippen MR) is 91.0 cm³/mol. The normalized spacial score (nSPS) is 12.0. The van der Waals surface area contributed by atoms with E-state index in [1.54, 1.807) is 18.5 Å². The molecule has 0 fully saturated rings. The molecule has 2 heterocycles. The summed E-state index contributed by atoms with van der Waals surface area (Å²) in [5, 5.41) is 2.87. The first-order chi connectivity index (χ1) is 12.5. The molecule has 134 valence electrons. The largest absolute Gasteiger partial charge is 0.441 e. The molecule has 1 amide bonds. The Bertz CT molecular complexity index is 897. The van der Waals surface area contributed by atoms with Crippen LogP contribution in [0.15, 0.2) is 53.3 Å². The van der Waals surface area contributed by atoms with E-state index in [4.69, 9.17) is 4.42 Å². The van der Waals surface area contributed by atoms with Gasteiger partial charge in [-0.15, -0.1) is 0 Å². The minimum atomic E-state index is -0.726. The molecule has 2 aromatic heterocycles. The lowest BCUT2D eigenvalue weighted by atomic mass is 10.1. The minimum Gasteiger partial charge on any atom is -0.441 e. The zero-order valence-corrected chi connectivity index (χ0v) is 14.1. The Morgan fingerprint density at radius 2 is 2.12 bits per heavy atom. The number of carbonyl (C=O) groups excluding carboxylic acids is 1. The van der Waals surface area contributed by atoms with E-state index in [1.807, 2.05) is 13.0 Å². The molecule has 0 aliphatic heterocycles. The molecule has 0 aliphatic carbocycles. The monoisotopic (exact) mass is 357 g/mol. The molecule has 1 unspecified atom stereocenters. The third-order valence-electron chi connectivity index (χ3n) is 3.88. The number of hydrogen-bond acceptors (Lipinski definition) is 4. The van der Waals surface area contributed by atoms with Gasteiger partial charge in [-0.2, -0.15) is 0 Å². The van der Waals surface area contributed by atoms with E-state index in [1.165, 1.54) is 12.3 Å². The molecule has 0 spiro atoms. The molecule has 5 nitrogen and oxygen atoms in total. The van der Waals surface area contributed by atoms with Crippen molar-refractivity contribution in [2.75, 3.05) is 0 Å². The first kappa shape index (κ1) is 17.7. The Morgan fingerprint density at radius 3 is 2.85 bits per heavy atom. The first-order valence-electron chi connectivity index (χ1n) is 8.12. The lowest BCUT2D eigenvalue weighted by Crippen LogP contribution is -2.26. The molecule has 1 atom stereocenters. The lowest BCUT2D eigenvalue weighted by Gasteiger charge is -2.13. The summed E-state index contributed by atoms with van der Waals surface area (Å²) in [5.74, 6) is -1.04. The average molecular weight is 357 g/mol. The minimum absolute atomic E-state index is 0.125. The number of aromatic nitrogens is 2. The molecule has 0 saturated heterocycles. The Morgan fingerprint density at radius 1 is 1.27 bits per heavy atom. The molecule has 0 bridgehead atoms. The summed E-state index contributed by atoms with van der Waals surface area (Å²) >= 11 is 0. The highest BCUT2D eigenvalue weighted by atomic mass is 19.1. The highest BCUT2D eigenvalue weighted by Gasteiger charge is 2.14. The summed E-state index contributed by atoms with van der Waals surface area (Å²) in [6, 6.07) is 6.75. The van der Waals surface area contributed by atoms with Crippen molar-refractivity contribution < 1.29 is 18.0 Å². The molecule has 26 heavy (non-hydrogen) atoms. The Labute approximate surface area is 149 Å². The summed E-state index contributed by atoms with van der Waals surface area (Å²) in [5.41, 5.74) is 1.03. The maximum Gasteiger partial charge on any atom is 0.220 e. The van der Waals surface area contributed by atoms with E-state index in [2.05, 4.69) is 15.3 Å². The summed E-state index contributed by atoms with van der Waals surface area (Å²) < 4.78 is 32.2. The van der Waals surface area contributed by atoms with Crippen LogP contribution in [0.3, 0.4) is 0 Å². The van der Waals surface area contributed by atoms with Gasteiger partial charge in [0, 0.05) is 31.3 Å². The third-order valence-corrected chi connectivity index (χ3v) is 3.88. The van der Waals surface area contributed by atoms with Gasteiger partial charge in [-0.25, -0.2) is 13.8 Å². The number of nitrogens with zero attached hydrogens (tertiary/aromatic N) is 2. The second-order valence-electron chi connectivity index (χ2n) is 5.82. The fraction of sp³-hybridized carbons (Fsp3) is 0.211. The number of rotatable bonds is 6. The van der Waals surface area contributed by atoms with Gasteiger partial charge in [0.1, 0.15) is 11.6 Å². The van der Waals surface area contributed by atoms with Crippen LogP contribution in [-0.4, -0.2) is 15.9 Å². The van der Waals surface area contributed by atoms with Crippen molar-refractivity contribution in [2.45, 2.75) is 25.8 Å². The number of aryl methyl sites for hydroxylation is 1. The standard InChI is InChI=1S/C19H17F2N3O2/c1-12(13-3-2-8-22-10-13)24-18(25)6-7-19-23-11-17(26-19)15-5-4-14(20)9-16(15)21/h2-5,8-12H,6-7H2,1H3,(H,24,25). The number of carbonyl (C=O) groups is 1. The van der Waals surface area contributed by atoms with Gasteiger partial charge in [-0.3, -0.25) is 9.78 Å². The first-order valence-corrected chi connectivity index (χ1v) is 8.12. The van der Waals surface area contributed by atoms with Gasteiger partial charge < -0.3 is 9.73 Å². The molecular formula is C19H17F2N3O2. The van der Waals surface area contributed by atoms with Crippen LogP contribution in [-0.2, 0) is 11.2 Å². The van der Waals surface area contributed by atoms with Crippen LogP contribution in [0, 0.1) is 11.6 Å². The van der Waals surface area contributed by atoms with Crippen molar-refractivity contribution >= 4 is 5.91 Å². The van der Waals surface area contributed by atoms with Crippen molar-refractivity contribution in [3.8, 4) is 11.3 Å². The highest BCUT2D eigenvalue weighted by Crippen LogP contribution is 2.24. The van der Waals surface area contributed by atoms with Crippen LogP contribution in [0.4, 0.5) is 8.78 Å². The maximum atomic E-state index is 13.8. The number of benzene rings is 1. The van der Waals surface area contributed by atoms with Crippen LogP contribution in [0.5, 0.6) is 0 Å². The van der Waals surface area contributed by atoms with Crippen molar-refractivity contribution in [1.82, 2.24) is 15.3 Å². The summed E-state index contributed by atoms with van der Waals surface area (Å²) in [4.78, 5) is 20.1. The number of oxazole rings is 1. The predicted octanol–water partition coefficient (Wildman–Crippen LogP) is 3.82. The van der Waals surface area contributed by atoms with Gasteiger partial charge in [-0.05, 0) is 30.7 Å². The Kier molecular flexibility index (Phi) is 5.36. The van der Waals surface area contributed by atoms with Crippen LogP contribution in [0.25, 0.3) is 11.3 Å². The van der Waals surface area contributed by atoms with E-state index in [9.17, 15) is 13.6 Å². The van der Waals surface area contributed by atoms with Crippen LogP contribution < -0.4 is 5.32 Å². The lowest BCUT2D eigenvalue weighted by molar-refractivity contribution is -0.121. The number of nitrogens with one attached hydrogen (secondary N) is 1. The van der Waals surface area contributed by atoms with Gasteiger partial charge in [0.15, 0.2) is 11.7 Å². The van der Waals surface area contributed by atoms with Crippen LogP contribution >= 0.6 is 0 Å². The quantitative estimate of drug-likeness (QED) is 0.728. The van der Waals surface area contributed by atoms with E-state index >= 15 is 0 Å². The molecule has 7 heteroatoms. The second kappa shape index (κ2) is 7.86. The van der Waals surface area contributed by atoms with Gasteiger partial charge in [0.2, 0.25) is 5.91 Å². The van der Waals surface area contributed by atoms with E-state index < -0.39 is 11.6 Å². The Balaban J connectivity index is 1.57. The zero-order valence-electron chi connectivity index (χ0n) is 14.1. The van der Waals surface area contributed by atoms with Gasteiger partial charge in [0.25, 0.3) is 0 Å². The fourth-order valence-corrected chi connectivity index (χ4v) is 2.49. The third kappa shape index (κ3) is 4.30. The Hall–Kier alpha value is -3.09. The zero-order chi connectivity index (χ0) is 18.5. The molecule has 3 rings (SSSR count). The van der Waals surface area contributed by atoms with Gasteiger partial charge in [0.05, 0.1) is 17.8 Å². The van der Waals surface area contributed by atoms with E-state index in [0.29, 0.717) is 5.89 Å². The molecule has 0 saturated carbocycles. The molecule has 1 aromatic carbocycles. The van der Waals surface area contributed by atoms with Crippen LogP contribution in [0.2, 0.25) is 0 Å². The van der Waals surface area contributed by atoms with Crippen LogP contribution in [0.1, 0.15) is 30.8 Å². The van der Waals surface area contributed by atoms with Gasteiger partial charge >= 0.3 is 0 Å².